The SMILES string of the molecule is C=C.CC.CC.CC(C)C.CCCCCCC. The van der Waals surface area contributed by atoms with E-state index in [2.05, 4.69) is 47.8 Å². The Bertz CT molecular complexity index is 48.3. The molecule has 17 heavy (non-hydrogen) atoms. The fraction of sp³-hybridized carbons (Fsp3) is 0.882. The lowest BCUT2D eigenvalue weighted by Gasteiger charge is -1.90. The smallest absolute Gasteiger partial charge is 0.0500 e. The summed E-state index contributed by atoms with van der Waals surface area (Å²) in [5.41, 5.74) is 0. The Morgan fingerprint density at radius 2 is 0.824 bits per heavy atom. The highest BCUT2D eigenvalue weighted by Gasteiger charge is 1.80. The second-order valence-corrected chi connectivity index (χ2v) is 3.79. The second kappa shape index (κ2) is 57.1. The third kappa shape index (κ3) is 212. The van der Waals surface area contributed by atoms with Gasteiger partial charge in [-0.3, -0.25) is 0 Å². The molecule has 0 amide bonds. The topological polar surface area (TPSA) is 0 Å². The van der Waals surface area contributed by atoms with E-state index in [-0.39, 0.29) is 0 Å². The van der Waals surface area contributed by atoms with Crippen molar-refractivity contribution in [3.05, 3.63) is 13.2 Å². The fourth-order valence-corrected chi connectivity index (χ4v) is 0.677. The number of hydrogen-bond acceptors (Lipinski definition) is 0. The molecule has 0 aromatic rings. The van der Waals surface area contributed by atoms with Gasteiger partial charge in [0.15, 0.2) is 0 Å². The molecule has 0 aliphatic heterocycles. The van der Waals surface area contributed by atoms with Gasteiger partial charge in [-0.25, -0.2) is 0 Å². The summed E-state index contributed by atoms with van der Waals surface area (Å²) in [5, 5.41) is 0. The molecule has 0 aromatic carbocycles. The van der Waals surface area contributed by atoms with Crippen molar-refractivity contribution in [2.24, 2.45) is 5.92 Å². The van der Waals surface area contributed by atoms with Gasteiger partial charge in [0.2, 0.25) is 0 Å². The molecule has 0 heterocycles. The predicted octanol–water partition coefficient (Wildman–Crippen LogP) is 7.49. The molecular formula is C17H42. The van der Waals surface area contributed by atoms with Gasteiger partial charge in [-0.05, 0) is 5.92 Å². The van der Waals surface area contributed by atoms with E-state index in [4.69, 9.17) is 0 Å². The van der Waals surface area contributed by atoms with E-state index in [9.17, 15) is 0 Å². The van der Waals surface area contributed by atoms with Crippen LogP contribution in [0.25, 0.3) is 0 Å². The van der Waals surface area contributed by atoms with E-state index >= 15 is 0 Å². The van der Waals surface area contributed by atoms with E-state index < -0.39 is 0 Å². The van der Waals surface area contributed by atoms with Gasteiger partial charge in [0.05, 0.1) is 0 Å². The Morgan fingerprint density at radius 1 is 0.647 bits per heavy atom. The van der Waals surface area contributed by atoms with Crippen LogP contribution in [0.2, 0.25) is 0 Å². The van der Waals surface area contributed by atoms with E-state index in [1.54, 1.807) is 0 Å². The second-order valence-electron chi connectivity index (χ2n) is 3.79. The van der Waals surface area contributed by atoms with Crippen LogP contribution >= 0.6 is 0 Å². The lowest BCUT2D eigenvalue weighted by atomic mass is 10.2. The molecule has 0 fully saturated rings. The van der Waals surface area contributed by atoms with Crippen molar-refractivity contribution in [1.29, 1.82) is 0 Å². The third-order valence-corrected chi connectivity index (χ3v) is 1.21. The van der Waals surface area contributed by atoms with E-state index in [1.807, 2.05) is 27.7 Å². The van der Waals surface area contributed by atoms with Crippen molar-refractivity contribution in [1.82, 2.24) is 0 Å². The maximum atomic E-state index is 3.00. The van der Waals surface area contributed by atoms with Crippen molar-refractivity contribution >= 4 is 0 Å². The summed E-state index contributed by atoms with van der Waals surface area (Å²) in [6.45, 7) is 25.0. The van der Waals surface area contributed by atoms with Crippen LogP contribution in [0.1, 0.15) is 94.4 Å². The Morgan fingerprint density at radius 3 is 0.941 bits per heavy atom. The third-order valence-electron chi connectivity index (χ3n) is 1.21. The predicted molar refractivity (Wildman–Crippen MR) is 88.9 cm³/mol. The molecule has 0 heteroatoms. The molecule has 0 aliphatic rings. The number of rotatable bonds is 4. The van der Waals surface area contributed by atoms with Gasteiger partial charge >= 0.3 is 0 Å². The van der Waals surface area contributed by atoms with Crippen LogP contribution in [0, 0.1) is 5.92 Å². The molecule has 110 valence electrons. The van der Waals surface area contributed by atoms with Gasteiger partial charge in [-0.2, -0.15) is 0 Å². The molecule has 0 saturated carbocycles. The molecule has 0 aliphatic carbocycles. The zero-order chi connectivity index (χ0) is 15.1. The minimum absolute atomic E-state index is 0.833. The Labute approximate surface area is 114 Å². The highest BCUT2D eigenvalue weighted by Crippen LogP contribution is 2.00. The standard InChI is InChI=1S/C7H16.C4H10.2C2H6.C2H4/c1-3-5-7-6-4-2;1-4(2)3;3*1-2/h3-7H2,1-2H3;4H,1-3H3;2*1-2H3;1-2H2. The zero-order valence-electron chi connectivity index (χ0n) is 14.5. The maximum absolute atomic E-state index is 3.00. The van der Waals surface area contributed by atoms with Gasteiger partial charge < -0.3 is 0 Å². The summed E-state index contributed by atoms with van der Waals surface area (Å²) < 4.78 is 0. The maximum Gasteiger partial charge on any atom is -0.0500 e. The highest BCUT2D eigenvalue weighted by atomic mass is 13.9. The largest absolute Gasteiger partial charge is 0.106 e. The van der Waals surface area contributed by atoms with Crippen LogP contribution in [-0.4, -0.2) is 0 Å². The first-order chi connectivity index (χ1) is 8.15. The van der Waals surface area contributed by atoms with Crippen molar-refractivity contribution < 1.29 is 0 Å². The Balaban J connectivity index is -0.0000000412. The molecule has 0 atom stereocenters. The molecule has 0 unspecified atom stereocenters. The molecule has 0 aromatic heterocycles. The lowest BCUT2D eigenvalue weighted by molar-refractivity contribution is 0.656. The number of unbranched alkanes of at least 4 members (excludes halogenated alkanes) is 4. The minimum Gasteiger partial charge on any atom is -0.106 e. The first kappa shape index (κ1) is 30.1. The monoisotopic (exact) mass is 246 g/mol. The molecule has 0 spiro atoms. The van der Waals surface area contributed by atoms with E-state index in [0.717, 1.165) is 5.92 Å². The lowest BCUT2D eigenvalue weighted by Crippen LogP contribution is -1.70. The van der Waals surface area contributed by atoms with Crippen LogP contribution in [0.5, 0.6) is 0 Å². The van der Waals surface area contributed by atoms with Gasteiger partial charge in [-0.15, -0.1) is 13.2 Å². The average Bonchev–Trinajstić information content (AvgIpc) is 2.37. The summed E-state index contributed by atoms with van der Waals surface area (Å²) >= 11 is 0. The van der Waals surface area contributed by atoms with E-state index in [1.165, 1.54) is 32.1 Å². The van der Waals surface area contributed by atoms with Crippen molar-refractivity contribution in [2.45, 2.75) is 94.4 Å². The summed E-state index contributed by atoms with van der Waals surface area (Å²) in [6, 6.07) is 0. The average molecular weight is 247 g/mol. The molecule has 0 N–H and O–H groups in total. The molecule has 0 bridgehead atoms. The fourth-order valence-electron chi connectivity index (χ4n) is 0.677. The van der Waals surface area contributed by atoms with Gasteiger partial charge in [-0.1, -0.05) is 94.4 Å². The molecule has 0 saturated heterocycles. The van der Waals surface area contributed by atoms with Gasteiger partial charge in [0.1, 0.15) is 0 Å². The van der Waals surface area contributed by atoms with Crippen LogP contribution < -0.4 is 0 Å². The van der Waals surface area contributed by atoms with Crippen molar-refractivity contribution in [3.63, 3.8) is 0 Å². The van der Waals surface area contributed by atoms with Crippen LogP contribution in [0.4, 0.5) is 0 Å². The first-order valence-corrected chi connectivity index (χ1v) is 7.65. The molecule has 0 radical (unpaired) electrons. The molecule has 0 nitrogen and oxygen atoms in total. The zero-order valence-corrected chi connectivity index (χ0v) is 14.5. The van der Waals surface area contributed by atoms with Gasteiger partial charge in [0.25, 0.3) is 0 Å². The minimum atomic E-state index is 0.833. The summed E-state index contributed by atoms with van der Waals surface area (Å²) in [5.74, 6) is 0.833. The highest BCUT2D eigenvalue weighted by molar-refractivity contribution is 4.35. The van der Waals surface area contributed by atoms with Crippen LogP contribution in [-0.2, 0) is 0 Å². The van der Waals surface area contributed by atoms with Crippen molar-refractivity contribution in [3.8, 4) is 0 Å². The summed E-state index contributed by atoms with van der Waals surface area (Å²) in [4.78, 5) is 0. The van der Waals surface area contributed by atoms with Gasteiger partial charge in [0, 0.05) is 0 Å². The quantitative estimate of drug-likeness (QED) is 0.356. The van der Waals surface area contributed by atoms with E-state index in [0.29, 0.717) is 0 Å². The van der Waals surface area contributed by atoms with Crippen LogP contribution in [0.15, 0.2) is 13.2 Å². The van der Waals surface area contributed by atoms with Crippen LogP contribution in [0.3, 0.4) is 0 Å². The Hall–Kier alpha value is -0.260. The molecular weight excluding hydrogens is 204 g/mol. The number of hydrogen-bond donors (Lipinski definition) is 0. The molecule has 0 rings (SSSR count). The first-order valence-electron chi connectivity index (χ1n) is 7.65. The summed E-state index contributed by atoms with van der Waals surface area (Å²) in [6.07, 6.45) is 7.01. The summed E-state index contributed by atoms with van der Waals surface area (Å²) in [7, 11) is 0. The Kier molecular flexibility index (Phi) is 101. The normalized spacial score (nSPS) is 6.94. The van der Waals surface area contributed by atoms with Crippen molar-refractivity contribution in [2.75, 3.05) is 0 Å².